The van der Waals surface area contributed by atoms with Crippen LogP contribution >= 0.6 is 11.3 Å². The first-order valence-corrected chi connectivity index (χ1v) is 12.7. The Kier molecular flexibility index (Phi) is 8.13. The summed E-state index contributed by atoms with van der Waals surface area (Å²) in [6.45, 7) is 3.70. The summed E-state index contributed by atoms with van der Waals surface area (Å²) in [6, 6.07) is 30.4. The minimum atomic E-state index is -1.24. The van der Waals surface area contributed by atoms with Crippen LogP contribution in [0.15, 0.2) is 96.4 Å². The molecule has 6 nitrogen and oxygen atoms in total. The number of esters is 2. The number of hydrogen-bond acceptors (Lipinski definition) is 7. The molecule has 7 heteroatoms. The summed E-state index contributed by atoms with van der Waals surface area (Å²) < 4.78 is 10.3. The Labute approximate surface area is 214 Å². The highest BCUT2D eigenvalue weighted by Crippen LogP contribution is 2.41. The molecule has 0 aliphatic rings. The van der Waals surface area contributed by atoms with Gasteiger partial charge in [-0.05, 0) is 30.5 Å². The highest BCUT2D eigenvalue weighted by molar-refractivity contribution is 7.13. The third kappa shape index (κ3) is 5.16. The third-order valence-electron chi connectivity index (χ3n) is 5.78. The smallest absolute Gasteiger partial charge is 0.326 e. The van der Waals surface area contributed by atoms with Gasteiger partial charge in [0.2, 0.25) is 0 Å². The van der Waals surface area contributed by atoms with Gasteiger partial charge < -0.3 is 14.8 Å². The Morgan fingerprint density at radius 1 is 0.778 bits per heavy atom. The van der Waals surface area contributed by atoms with Crippen molar-refractivity contribution in [3.8, 4) is 0 Å². The molecule has 184 valence electrons. The molecule has 36 heavy (non-hydrogen) atoms. The van der Waals surface area contributed by atoms with E-state index >= 15 is 0 Å². The van der Waals surface area contributed by atoms with Crippen LogP contribution in [0.2, 0.25) is 0 Å². The van der Waals surface area contributed by atoms with Crippen LogP contribution in [0.25, 0.3) is 0 Å². The number of thiazole rings is 1. The van der Waals surface area contributed by atoms with Gasteiger partial charge in [0, 0.05) is 5.38 Å². The van der Waals surface area contributed by atoms with Crippen LogP contribution in [0, 0.1) is 0 Å². The molecule has 0 fully saturated rings. The van der Waals surface area contributed by atoms with Crippen LogP contribution in [0.3, 0.4) is 0 Å². The zero-order chi connectivity index (χ0) is 25.4. The van der Waals surface area contributed by atoms with Gasteiger partial charge in [0.15, 0.2) is 11.0 Å². The van der Waals surface area contributed by atoms with E-state index in [1.165, 1.54) is 11.3 Å². The lowest BCUT2D eigenvalue weighted by Gasteiger charge is -2.36. The molecule has 0 atom stereocenters. The zero-order valence-electron chi connectivity index (χ0n) is 20.2. The van der Waals surface area contributed by atoms with E-state index in [2.05, 4.69) is 46.7 Å². The van der Waals surface area contributed by atoms with Crippen LogP contribution in [0.5, 0.6) is 0 Å². The quantitative estimate of drug-likeness (QED) is 0.170. The summed E-state index contributed by atoms with van der Waals surface area (Å²) in [7, 11) is 0. The number of ether oxygens (including phenoxy) is 2. The number of aromatic nitrogens is 1. The number of benzene rings is 3. The number of carbonyl (C=O) groups is 2. The molecule has 3 aromatic carbocycles. The number of rotatable bonds is 10. The van der Waals surface area contributed by atoms with Crippen molar-refractivity contribution in [1.82, 2.24) is 4.98 Å². The van der Waals surface area contributed by atoms with E-state index in [9.17, 15) is 9.59 Å². The topological polar surface area (TPSA) is 77.5 Å². The summed E-state index contributed by atoms with van der Waals surface area (Å²) >= 11 is 1.32. The molecule has 0 saturated heterocycles. The van der Waals surface area contributed by atoms with Crippen LogP contribution in [0.1, 0.15) is 42.1 Å². The molecule has 0 spiro atoms. The predicted octanol–water partition coefficient (Wildman–Crippen LogP) is 5.76. The van der Waals surface area contributed by atoms with Crippen molar-refractivity contribution in [2.75, 3.05) is 18.5 Å². The highest BCUT2D eigenvalue weighted by Gasteiger charge is 2.38. The van der Waals surface area contributed by atoms with Crippen LogP contribution in [0.4, 0.5) is 5.13 Å². The van der Waals surface area contributed by atoms with Crippen LogP contribution in [-0.4, -0.2) is 30.1 Å². The third-order valence-corrected chi connectivity index (χ3v) is 6.55. The first kappa shape index (κ1) is 25.1. The van der Waals surface area contributed by atoms with E-state index < -0.39 is 23.4 Å². The molecule has 0 aliphatic heterocycles. The lowest BCUT2D eigenvalue weighted by molar-refractivity contribution is -0.157. The molecule has 1 aromatic heterocycles. The molecular weight excluding hydrogens is 472 g/mol. The second-order valence-electron chi connectivity index (χ2n) is 7.99. The standard InChI is InChI=1S/C29H28N2O4S/c1-3-34-26(32)25(27(33)35-4-2)24-20-36-28(30-24)31-29(21-14-8-5-9-15-21,22-16-10-6-11-17-22)23-18-12-7-13-19-23/h5-20,25H,3-4H2,1-2H3,(H,30,31). The largest absolute Gasteiger partial charge is 0.465 e. The molecule has 0 aliphatic carbocycles. The van der Waals surface area contributed by atoms with Crippen LogP contribution in [-0.2, 0) is 24.6 Å². The summed E-state index contributed by atoms with van der Waals surface area (Å²) in [5.41, 5.74) is 2.58. The second-order valence-corrected chi connectivity index (χ2v) is 8.85. The minimum Gasteiger partial charge on any atom is -0.465 e. The molecular formula is C29H28N2O4S. The van der Waals surface area contributed by atoms with Gasteiger partial charge >= 0.3 is 11.9 Å². The van der Waals surface area contributed by atoms with Gasteiger partial charge in [0.05, 0.1) is 18.9 Å². The average molecular weight is 501 g/mol. The van der Waals surface area contributed by atoms with E-state index in [-0.39, 0.29) is 13.2 Å². The van der Waals surface area contributed by atoms with Crippen LogP contribution < -0.4 is 5.32 Å². The Hall–Kier alpha value is -3.97. The molecule has 0 bridgehead atoms. The van der Waals surface area contributed by atoms with Gasteiger partial charge in [-0.25, -0.2) is 4.98 Å². The molecule has 0 amide bonds. The average Bonchev–Trinajstić information content (AvgIpc) is 3.37. The Bertz CT molecular complexity index is 1160. The molecule has 0 saturated carbocycles. The Morgan fingerprint density at radius 3 is 1.58 bits per heavy atom. The lowest BCUT2D eigenvalue weighted by Crippen LogP contribution is -2.38. The molecule has 0 radical (unpaired) electrons. The van der Waals surface area contributed by atoms with E-state index in [4.69, 9.17) is 9.47 Å². The van der Waals surface area contributed by atoms with E-state index in [1.54, 1.807) is 19.2 Å². The monoisotopic (exact) mass is 500 g/mol. The van der Waals surface area contributed by atoms with Gasteiger partial charge in [-0.2, -0.15) is 0 Å². The second kappa shape index (κ2) is 11.6. The number of hydrogen-bond donors (Lipinski definition) is 1. The summed E-state index contributed by atoms with van der Waals surface area (Å²) in [5.74, 6) is -2.59. The molecule has 1 heterocycles. The van der Waals surface area contributed by atoms with E-state index in [0.29, 0.717) is 10.8 Å². The van der Waals surface area contributed by atoms with Gasteiger partial charge in [0.1, 0.15) is 5.54 Å². The van der Waals surface area contributed by atoms with Gasteiger partial charge in [0.25, 0.3) is 0 Å². The number of carbonyl (C=O) groups excluding carboxylic acids is 2. The first-order chi connectivity index (χ1) is 17.6. The number of anilines is 1. The number of nitrogens with one attached hydrogen (secondary N) is 1. The molecule has 0 unspecified atom stereocenters. The van der Waals surface area contributed by atoms with Crippen molar-refractivity contribution in [2.24, 2.45) is 0 Å². The molecule has 4 aromatic rings. The predicted molar refractivity (Wildman–Crippen MR) is 141 cm³/mol. The fraction of sp³-hybridized carbons (Fsp3) is 0.207. The molecule has 1 N–H and O–H groups in total. The van der Waals surface area contributed by atoms with Crippen molar-refractivity contribution in [3.05, 3.63) is 119 Å². The Morgan fingerprint density at radius 2 is 1.19 bits per heavy atom. The maximum atomic E-state index is 12.6. The normalized spacial score (nSPS) is 11.2. The maximum Gasteiger partial charge on any atom is 0.326 e. The van der Waals surface area contributed by atoms with Gasteiger partial charge in [-0.15, -0.1) is 11.3 Å². The lowest BCUT2D eigenvalue weighted by atomic mass is 9.77. The molecule has 4 rings (SSSR count). The van der Waals surface area contributed by atoms with Crippen molar-refractivity contribution < 1.29 is 19.1 Å². The summed E-state index contributed by atoms with van der Waals surface area (Å²) in [5, 5.41) is 5.92. The summed E-state index contributed by atoms with van der Waals surface area (Å²) in [4.78, 5) is 30.0. The number of nitrogens with zero attached hydrogens (tertiary/aromatic N) is 1. The minimum absolute atomic E-state index is 0.156. The first-order valence-electron chi connectivity index (χ1n) is 11.8. The van der Waals surface area contributed by atoms with E-state index in [1.807, 2.05) is 54.6 Å². The zero-order valence-corrected chi connectivity index (χ0v) is 21.0. The van der Waals surface area contributed by atoms with Crippen molar-refractivity contribution in [1.29, 1.82) is 0 Å². The van der Waals surface area contributed by atoms with E-state index in [0.717, 1.165) is 16.7 Å². The fourth-order valence-electron chi connectivity index (χ4n) is 4.21. The SMILES string of the molecule is CCOC(=O)C(C(=O)OCC)c1csc(NC(c2ccccc2)(c2ccccc2)c2ccccc2)n1. The maximum absolute atomic E-state index is 12.6. The van der Waals surface area contributed by atoms with Crippen molar-refractivity contribution >= 4 is 28.4 Å². The summed E-state index contributed by atoms with van der Waals surface area (Å²) in [6.07, 6.45) is 0. The Balaban J connectivity index is 1.83. The van der Waals surface area contributed by atoms with Crippen molar-refractivity contribution in [3.63, 3.8) is 0 Å². The van der Waals surface area contributed by atoms with Gasteiger partial charge in [-0.3, -0.25) is 9.59 Å². The highest BCUT2D eigenvalue weighted by atomic mass is 32.1. The van der Waals surface area contributed by atoms with Crippen molar-refractivity contribution in [2.45, 2.75) is 25.3 Å². The fourth-order valence-corrected chi connectivity index (χ4v) is 5.00. The van der Waals surface area contributed by atoms with Gasteiger partial charge in [-0.1, -0.05) is 91.0 Å².